The molecule has 0 aromatic rings. The first-order valence-electron chi connectivity index (χ1n) is 3.94. The molecule has 0 amide bonds. The minimum atomic E-state index is -0.326. The Kier molecular flexibility index (Phi) is 6.20. The van der Waals surface area contributed by atoms with Gasteiger partial charge in [0.05, 0.1) is 19.6 Å². The van der Waals surface area contributed by atoms with Crippen molar-refractivity contribution in [1.82, 2.24) is 0 Å². The van der Waals surface area contributed by atoms with Crippen molar-refractivity contribution in [2.45, 2.75) is 31.6 Å². The van der Waals surface area contributed by atoms with Crippen LogP contribution in [0.25, 0.3) is 0 Å². The van der Waals surface area contributed by atoms with E-state index in [9.17, 15) is 4.79 Å². The van der Waals surface area contributed by atoms with Crippen LogP contribution in [-0.4, -0.2) is 35.3 Å². The summed E-state index contributed by atoms with van der Waals surface area (Å²) in [6.45, 7) is 3.68. The predicted octanol–water partition coefficient (Wildman–Crippen LogP) is 1.05. The molecule has 1 N–H and O–H groups in total. The van der Waals surface area contributed by atoms with Crippen molar-refractivity contribution in [3.05, 3.63) is 0 Å². The molecule has 0 spiro atoms. The molecule has 0 rings (SSSR count). The standard InChI is InChI=1S/C8H16O3S/c1-6(9)7(2)12-5-4-8(10)11-3/h6-7,9H,4-5H2,1-3H3. The number of hydrogen-bond acceptors (Lipinski definition) is 4. The molecule has 0 aliphatic heterocycles. The molecule has 0 heterocycles. The Balaban J connectivity index is 3.37. The lowest BCUT2D eigenvalue weighted by Crippen LogP contribution is -2.16. The van der Waals surface area contributed by atoms with Crippen molar-refractivity contribution in [2.24, 2.45) is 0 Å². The fraction of sp³-hybridized carbons (Fsp3) is 0.875. The molecule has 0 saturated heterocycles. The van der Waals surface area contributed by atoms with Crippen molar-refractivity contribution < 1.29 is 14.6 Å². The van der Waals surface area contributed by atoms with Crippen LogP contribution in [0.5, 0.6) is 0 Å². The van der Waals surface area contributed by atoms with Crippen LogP contribution in [0.3, 0.4) is 0 Å². The first-order valence-corrected chi connectivity index (χ1v) is 4.99. The number of methoxy groups -OCH3 is 1. The van der Waals surface area contributed by atoms with Gasteiger partial charge in [-0.15, -0.1) is 0 Å². The molecule has 3 nitrogen and oxygen atoms in total. The van der Waals surface area contributed by atoms with E-state index in [4.69, 9.17) is 5.11 Å². The zero-order valence-corrected chi connectivity index (χ0v) is 8.56. The third-order valence-electron chi connectivity index (χ3n) is 1.59. The van der Waals surface area contributed by atoms with Gasteiger partial charge in [0.2, 0.25) is 0 Å². The fourth-order valence-corrected chi connectivity index (χ4v) is 1.50. The third kappa shape index (κ3) is 5.43. The molecule has 0 fully saturated rings. The van der Waals surface area contributed by atoms with Crippen LogP contribution in [0.1, 0.15) is 20.3 Å². The van der Waals surface area contributed by atoms with Gasteiger partial charge < -0.3 is 9.84 Å². The summed E-state index contributed by atoms with van der Waals surface area (Å²) < 4.78 is 4.48. The summed E-state index contributed by atoms with van der Waals surface area (Å²) >= 11 is 1.58. The van der Waals surface area contributed by atoms with Crippen LogP contribution < -0.4 is 0 Å². The summed E-state index contributed by atoms with van der Waals surface area (Å²) in [6.07, 6.45) is 0.0887. The third-order valence-corrected chi connectivity index (χ3v) is 2.95. The van der Waals surface area contributed by atoms with Crippen LogP contribution >= 0.6 is 11.8 Å². The molecule has 2 unspecified atom stereocenters. The van der Waals surface area contributed by atoms with Gasteiger partial charge in [-0.3, -0.25) is 4.79 Å². The molecule has 0 radical (unpaired) electrons. The zero-order chi connectivity index (χ0) is 9.56. The molecular weight excluding hydrogens is 176 g/mol. The fourth-order valence-electron chi connectivity index (χ4n) is 0.569. The van der Waals surface area contributed by atoms with E-state index in [1.165, 1.54) is 7.11 Å². The number of carbonyl (C=O) groups excluding carboxylic acids is 1. The largest absolute Gasteiger partial charge is 0.469 e. The molecule has 0 bridgehead atoms. The summed E-state index contributed by atoms with van der Waals surface area (Å²) in [5.74, 6) is 0.513. The highest BCUT2D eigenvalue weighted by molar-refractivity contribution is 7.99. The van der Waals surface area contributed by atoms with Crippen molar-refractivity contribution in [3.63, 3.8) is 0 Å². The highest BCUT2D eigenvalue weighted by atomic mass is 32.2. The molecule has 12 heavy (non-hydrogen) atoms. The van der Waals surface area contributed by atoms with Gasteiger partial charge in [-0.2, -0.15) is 11.8 Å². The van der Waals surface area contributed by atoms with Crippen LogP contribution in [0, 0.1) is 0 Å². The Hall–Kier alpha value is -0.220. The lowest BCUT2D eigenvalue weighted by atomic mass is 10.3. The van der Waals surface area contributed by atoms with Crippen LogP contribution in [0.2, 0.25) is 0 Å². The lowest BCUT2D eigenvalue weighted by Gasteiger charge is -2.12. The Morgan fingerprint density at radius 3 is 2.58 bits per heavy atom. The predicted molar refractivity (Wildman–Crippen MR) is 50.2 cm³/mol. The number of ether oxygens (including phenoxy) is 1. The van der Waals surface area contributed by atoms with Gasteiger partial charge in [0, 0.05) is 11.0 Å². The number of rotatable bonds is 5. The summed E-state index contributed by atoms with van der Waals surface area (Å²) in [6, 6.07) is 0. The zero-order valence-electron chi connectivity index (χ0n) is 7.74. The number of aliphatic hydroxyl groups excluding tert-OH is 1. The normalized spacial score (nSPS) is 15.3. The number of esters is 1. The molecule has 0 aromatic heterocycles. The minimum absolute atomic E-state index is 0.176. The SMILES string of the molecule is COC(=O)CCSC(C)C(C)O. The first kappa shape index (κ1) is 11.8. The summed E-state index contributed by atoms with van der Waals surface area (Å²) in [4.78, 5) is 10.7. The molecule has 72 valence electrons. The van der Waals surface area contributed by atoms with E-state index >= 15 is 0 Å². The molecular formula is C8H16O3S. The summed E-state index contributed by atoms with van der Waals surface area (Å²) in [7, 11) is 1.38. The minimum Gasteiger partial charge on any atom is -0.469 e. The van der Waals surface area contributed by atoms with Crippen molar-refractivity contribution >= 4 is 17.7 Å². The molecule has 2 atom stereocenters. The Morgan fingerprint density at radius 1 is 1.58 bits per heavy atom. The number of hydrogen-bond donors (Lipinski definition) is 1. The average Bonchev–Trinajstić information content (AvgIpc) is 2.03. The molecule has 0 aliphatic rings. The maximum absolute atomic E-state index is 10.7. The monoisotopic (exact) mass is 192 g/mol. The Labute approximate surface area is 77.5 Å². The van der Waals surface area contributed by atoms with Crippen molar-refractivity contribution in [3.8, 4) is 0 Å². The average molecular weight is 192 g/mol. The van der Waals surface area contributed by atoms with Crippen molar-refractivity contribution in [2.75, 3.05) is 12.9 Å². The van der Waals surface area contributed by atoms with E-state index in [0.717, 1.165) is 0 Å². The second kappa shape index (κ2) is 6.31. The first-order chi connectivity index (χ1) is 5.57. The van der Waals surface area contributed by atoms with Crippen LogP contribution in [0.15, 0.2) is 0 Å². The summed E-state index contributed by atoms with van der Waals surface area (Å²) in [5.41, 5.74) is 0. The molecule has 4 heteroatoms. The van der Waals surface area contributed by atoms with Gasteiger partial charge >= 0.3 is 5.97 Å². The highest BCUT2D eigenvalue weighted by Crippen LogP contribution is 2.14. The van der Waals surface area contributed by atoms with E-state index in [0.29, 0.717) is 12.2 Å². The maximum atomic E-state index is 10.7. The van der Waals surface area contributed by atoms with E-state index in [1.54, 1.807) is 18.7 Å². The van der Waals surface area contributed by atoms with Gasteiger partial charge in [-0.05, 0) is 6.92 Å². The quantitative estimate of drug-likeness (QED) is 0.661. The second-order valence-electron chi connectivity index (χ2n) is 2.64. The van der Waals surface area contributed by atoms with E-state index in [-0.39, 0.29) is 17.3 Å². The second-order valence-corrected chi connectivity index (χ2v) is 4.13. The topological polar surface area (TPSA) is 46.5 Å². The molecule has 0 saturated carbocycles. The number of thioether (sulfide) groups is 1. The highest BCUT2D eigenvalue weighted by Gasteiger charge is 2.09. The van der Waals surface area contributed by atoms with Crippen molar-refractivity contribution in [1.29, 1.82) is 0 Å². The molecule has 0 aliphatic carbocycles. The summed E-state index contributed by atoms with van der Waals surface area (Å²) in [5, 5.41) is 9.28. The van der Waals surface area contributed by atoms with E-state index < -0.39 is 0 Å². The maximum Gasteiger partial charge on any atom is 0.306 e. The Morgan fingerprint density at radius 2 is 2.17 bits per heavy atom. The van der Waals surface area contributed by atoms with Gasteiger partial charge in [0.1, 0.15) is 0 Å². The lowest BCUT2D eigenvalue weighted by molar-refractivity contribution is -0.140. The van der Waals surface area contributed by atoms with Gasteiger partial charge in [0.15, 0.2) is 0 Å². The molecule has 0 aromatic carbocycles. The van der Waals surface area contributed by atoms with Gasteiger partial charge in [-0.1, -0.05) is 6.92 Å². The number of aliphatic hydroxyl groups is 1. The van der Waals surface area contributed by atoms with Gasteiger partial charge in [-0.25, -0.2) is 0 Å². The van der Waals surface area contributed by atoms with Crippen LogP contribution in [0.4, 0.5) is 0 Å². The number of carbonyl (C=O) groups is 1. The smallest absolute Gasteiger partial charge is 0.306 e. The van der Waals surface area contributed by atoms with E-state index in [2.05, 4.69) is 4.74 Å². The van der Waals surface area contributed by atoms with Gasteiger partial charge in [0.25, 0.3) is 0 Å². The van der Waals surface area contributed by atoms with Crippen LogP contribution in [-0.2, 0) is 9.53 Å². The Bertz CT molecular complexity index is 136. The van der Waals surface area contributed by atoms with E-state index in [1.807, 2.05) is 6.92 Å².